The van der Waals surface area contributed by atoms with Crippen LogP contribution in [-0.2, 0) is 6.54 Å². The first kappa shape index (κ1) is 21.4. The van der Waals surface area contributed by atoms with E-state index >= 15 is 0 Å². The van der Waals surface area contributed by atoms with Crippen LogP contribution in [0.25, 0.3) is 0 Å². The van der Waals surface area contributed by atoms with Gasteiger partial charge < -0.3 is 15.2 Å². The second-order valence-corrected chi connectivity index (χ2v) is 8.50. The van der Waals surface area contributed by atoms with Gasteiger partial charge in [-0.15, -0.1) is 0 Å². The Hall–Kier alpha value is -2.81. The SMILES string of the molecule is Cc1nc(C2CCCN2C(=O)c2noc(C)c2CN2CCCCCC2)ncc1C(N)=O. The molecule has 0 spiro atoms. The van der Waals surface area contributed by atoms with Crippen LogP contribution < -0.4 is 5.73 Å². The molecular weight excluding hydrogens is 396 g/mol. The molecule has 1 unspecified atom stereocenters. The highest BCUT2D eigenvalue weighted by Crippen LogP contribution is 2.32. The molecule has 9 nitrogen and oxygen atoms in total. The van der Waals surface area contributed by atoms with E-state index in [9.17, 15) is 9.59 Å². The second kappa shape index (κ2) is 9.13. The van der Waals surface area contributed by atoms with E-state index in [2.05, 4.69) is 20.0 Å². The molecule has 4 heterocycles. The molecular formula is C22H30N6O3. The van der Waals surface area contributed by atoms with E-state index in [0.29, 0.717) is 41.6 Å². The topological polar surface area (TPSA) is 118 Å². The van der Waals surface area contributed by atoms with Gasteiger partial charge in [0.05, 0.1) is 17.3 Å². The number of carbonyl (C=O) groups is 2. The molecule has 9 heteroatoms. The standard InChI is InChI=1S/C22H30N6O3/c1-14-16(20(23)29)12-24-21(25-14)18-8-7-11-28(18)22(30)19-17(15(2)31-26-19)13-27-9-5-3-4-6-10-27/h12,18H,3-11,13H2,1-2H3,(H2,23,29). The van der Waals surface area contributed by atoms with Crippen LogP contribution in [0.3, 0.4) is 0 Å². The van der Waals surface area contributed by atoms with Crippen molar-refractivity contribution in [3.8, 4) is 0 Å². The number of amides is 2. The maximum absolute atomic E-state index is 13.5. The lowest BCUT2D eigenvalue weighted by Gasteiger charge is -2.24. The van der Waals surface area contributed by atoms with Crippen molar-refractivity contribution in [2.24, 2.45) is 5.73 Å². The van der Waals surface area contributed by atoms with Gasteiger partial charge in [-0.3, -0.25) is 14.5 Å². The average molecular weight is 427 g/mol. The minimum atomic E-state index is -0.556. The van der Waals surface area contributed by atoms with Crippen LogP contribution in [0.15, 0.2) is 10.7 Å². The number of hydrogen-bond donors (Lipinski definition) is 1. The largest absolute Gasteiger partial charge is 0.365 e. The monoisotopic (exact) mass is 426 g/mol. The Labute approximate surface area is 182 Å². The van der Waals surface area contributed by atoms with E-state index in [1.54, 1.807) is 11.8 Å². The van der Waals surface area contributed by atoms with Gasteiger partial charge in [-0.05, 0) is 52.6 Å². The van der Waals surface area contributed by atoms with E-state index in [0.717, 1.165) is 31.5 Å². The highest BCUT2D eigenvalue weighted by Gasteiger charge is 2.36. The molecule has 2 amide bonds. The fourth-order valence-electron chi connectivity index (χ4n) is 4.57. The summed E-state index contributed by atoms with van der Waals surface area (Å²) in [6.07, 6.45) is 7.95. The van der Waals surface area contributed by atoms with E-state index in [4.69, 9.17) is 10.3 Å². The molecule has 31 heavy (non-hydrogen) atoms. The van der Waals surface area contributed by atoms with Crippen molar-refractivity contribution in [2.45, 2.75) is 65.0 Å². The smallest absolute Gasteiger partial charge is 0.277 e. The zero-order chi connectivity index (χ0) is 22.0. The van der Waals surface area contributed by atoms with Crippen LogP contribution in [0.2, 0.25) is 0 Å². The first-order valence-corrected chi connectivity index (χ1v) is 11.1. The zero-order valence-corrected chi connectivity index (χ0v) is 18.3. The number of rotatable bonds is 5. The molecule has 2 aliphatic rings. The van der Waals surface area contributed by atoms with Crippen LogP contribution >= 0.6 is 0 Å². The normalized spacial score (nSPS) is 20.1. The van der Waals surface area contributed by atoms with Crippen molar-refractivity contribution in [1.82, 2.24) is 24.9 Å². The summed E-state index contributed by atoms with van der Waals surface area (Å²) >= 11 is 0. The van der Waals surface area contributed by atoms with Gasteiger partial charge in [-0.25, -0.2) is 9.97 Å². The lowest BCUT2D eigenvalue weighted by Crippen LogP contribution is -2.33. The Bertz CT molecular complexity index is 964. The summed E-state index contributed by atoms with van der Waals surface area (Å²) in [4.78, 5) is 38.0. The molecule has 1 atom stereocenters. The number of nitrogens with zero attached hydrogens (tertiary/aromatic N) is 5. The maximum atomic E-state index is 13.5. The lowest BCUT2D eigenvalue weighted by molar-refractivity contribution is 0.0716. The first-order chi connectivity index (χ1) is 15.0. The van der Waals surface area contributed by atoms with Crippen molar-refractivity contribution in [3.05, 3.63) is 40.3 Å². The molecule has 2 aromatic heterocycles. The molecule has 2 aromatic rings. The zero-order valence-electron chi connectivity index (χ0n) is 18.3. The third-order valence-electron chi connectivity index (χ3n) is 6.34. The third-order valence-corrected chi connectivity index (χ3v) is 6.34. The number of primary amides is 1. The Morgan fingerprint density at radius 2 is 1.87 bits per heavy atom. The van der Waals surface area contributed by atoms with Gasteiger partial charge in [0.15, 0.2) is 11.5 Å². The Balaban J connectivity index is 1.56. The first-order valence-electron chi connectivity index (χ1n) is 11.1. The Kier molecular flexibility index (Phi) is 6.31. The summed E-state index contributed by atoms with van der Waals surface area (Å²) in [5, 5.41) is 4.14. The van der Waals surface area contributed by atoms with E-state index in [-0.39, 0.29) is 11.9 Å². The predicted molar refractivity (Wildman–Crippen MR) is 113 cm³/mol. The van der Waals surface area contributed by atoms with Gasteiger partial charge in [0, 0.05) is 24.8 Å². The van der Waals surface area contributed by atoms with Crippen LogP contribution in [0, 0.1) is 13.8 Å². The molecule has 166 valence electrons. The summed E-state index contributed by atoms with van der Waals surface area (Å²) in [6, 6.07) is -0.254. The Morgan fingerprint density at radius 1 is 1.13 bits per heavy atom. The second-order valence-electron chi connectivity index (χ2n) is 8.50. The quantitative estimate of drug-likeness (QED) is 0.780. The summed E-state index contributed by atoms with van der Waals surface area (Å²) in [5.74, 6) is 0.521. The number of aryl methyl sites for hydroxylation is 2. The molecule has 0 aliphatic carbocycles. The van der Waals surface area contributed by atoms with Crippen molar-refractivity contribution in [2.75, 3.05) is 19.6 Å². The summed E-state index contributed by atoms with van der Waals surface area (Å²) in [5.41, 5.74) is 7.45. The van der Waals surface area contributed by atoms with Gasteiger partial charge >= 0.3 is 0 Å². The van der Waals surface area contributed by atoms with E-state index < -0.39 is 5.91 Å². The summed E-state index contributed by atoms with van der Waals surface area (Å²) < 4.78 is 5.44. The minimum absolute atomic E-state index is 0.149. The van der Waals surface area contributed by atoms with Crippen LogP contribution in [0.4, 0.5) is 0 Å². The van der Waals surface area contributed by atoms with Crippen molar-refractivity contribution >= 4 is 11.8 Å². The van der Waals surface area contributed by atoms with Crippen LogP contribution in [0.5, 0.6) is 0 Å². The molecule has 4 rings (SSSR count). The van der Waals surface area contributed by atoms with Crippen molar-refractivity contribution in [3.63, 3.8) is 0 Å². The third kappa shape index (κ3) is 4.46. The molecule has 2 N–H and O–H groups in total. The van der Waals surface area contributed by atoms with E-state index in [1.807, 2.05) is 6.92 Å². The molecule has 0 radical (unpaired) electrons. The number of nitrogens with two attached hydrogens (primary N) is 1. The molecule has 2 saturated heterocycles. The Morgan fingerprint density at radius 3 is 2.55 bits per heavy atom. The fraction of sp³-hybridized carbons (Fsp3) is 0.591. The van der Waals surface area contributed by atoms with Crippen molar-refractivity contribution in [1.29, 1.82) is 0 Å². The summed E-state index contributed by atoms with van der Waals surface area (Å²) in [6.45, 7) is 6.95. The van der Waals surface area contributed by atoms with Gasteiger partial charge in [0.25, 0.3) is 11.8 Å². The highest BCUT2D eigenvalue weighted by atomic mass is 16.5. The fourth-order valence-corrected chi connectivity index (χ4v) is 4.57. The lowest BCUT2D eigenvalue weighted by atomic mass is 10.1. The maximum Gasteiger partial charge on any atom is 0.277 e. The van der Waals surface area contributed by atoms with Crippen molar-refractivity contribution < 1.29 is 14.1 Å². The van der Waals surface area contributed by atoms with Crippen LogP contribution in [0.1, 0.15) is 88.3 Å². The van der Waals surface area contributed by atoms with Crippen LogP contribution in [-0.4, -0.2) is 56.4 Å². The molecule has 2 fully saturated rings. The number of likely N-dealkylation sites (tertiary alicyclic amines) is 2. The van der Waals surface area contributed by atoms with Gasteiger partial charge in [0.1, 0.15) is 5.76 Å². The molecule has 0 aromatic carbocycles. The summed E-state index contributed by atoms with van der Waals surface area (Å²) in [7, 11) is 0. The number of hydrogen-bond acceptors (Lipinski definition) is 7. The molecule has 0 bridgehead atoms. The highest BCUT2D eigenvalue weighted by molar-refractivity contribution is 5.94. The van der Waals surface area contributed by atoms with Gasteiger partial charge in [-0.1, -0.05) is 18.0 Å². The predicted octanol–water partition coefficient (Wildman–Crippen LogP) is 2.53. The average Bonchev–Trinajstić information content (AvgIpc) is 3.28. The van der Waals surface area contributed by atoms with Gasteiger partial charge in [0.2, 0.25) is 0 Å². The number of aromatic nitrogens is 3. The molecule has 0 saturated carbocycles. The minimum Gasteiger partial charge on any atom is -0.365 e. The van der Waals surface area contributed by atoms with Gasteiger partial charge in [-0.2, -0.15) is 0 Å². The number of carbonyl (C=O) groups excluding carboxylic acids is 2. The molecule has 2 aliphatic heterocycles. The van der Waals surface area contributed by atoms with E-state index in [1.165, 1.54) is 31.9 Å².